The van der Waals surface area contributed by atoms with Crippen LogP contribution < -0.4 is 15.4 Å². The zero-order valence-electron chi connectivity index (χ0n) is 25.0. The Labute approximate surface area is 256 Å². The second-order valence-corrected chi connectivity index (χ2v) is 11.4. The van der Waals surface area contributed by atoms with Crippen LogP contribution in [0.2, 0.25) is 0 Å². The molecule has 0 bridgehead atoms. The van der Waals surface area contributed by atoms with Crippen molar-refractivity contribution in [3.05, 3.63) is 101 Å². The highest BCUT2D eigenvalue weighted by molar-refractivity contribution is 5.96. The van der Waals surface area contributed by atoms with Crippen LogP contribution in [0, 0.1) is 12.7 Å². The first-order valence-corrected chi connectivity index (χ1v) is 14.6. The zero-order chi connectivity index (χ0) is 31.2. The van der Waals surface area contributed by atoms with Crippen molar-refractivity contribution in [3.8, 4) is 28.5 Å². The van der Waals surface area contributed by atoms with Gasteiger partial charge in [-0.3, -0.25) is 9.59 Å². The molecular formula is C34H36FN5O4. The number of aromatic hydroxyl groups is 1. The lowest BCUT2D eigenvalue weighted by Gasteiger charge is -2.29. The van der Waals surface area contributed by atoms with Crippen molar-refractivity contribution in [3.63, 3.8) is 0 Å². The molecule has 1 aliphatic carbocycles. The van der Waals surface area contributed by atoms with Crippen LogP contribution in [0.15, 0.2) is 72.9 Å². The number of pyridine rings is 2. The second kappa shape index (κ2) is 13.6. The Morgan fingerprint density at radius 3 is 2.36 bits per heavy atom. The van der Waals surface area contributed by atoms with Crippen LogP contribution in [0.5, 0.6) is 17.4 Å². The maximum Gasteiger partial charge on any atom is 0.270 e. The fourth-order valence-corrected chi connectivity index (χ4v) is 5.42. The van der Waals surface area contributed by atoms with Crippen molar-refractivity contribution < 1.29 is 23.8 Å². The fraction of sp³-hybridized carbons (Fsp3) is 0.294. The van der Waals surface area contributed by atoms with E-state index < -0.39 is 11.7 Å². The predicted octanol–water partition coefficient (Wildman–Crippen LogP) is 5.62. The summed E-state index contributed by atoms with van der Waals surface area (Å²) in [5, 5.41) is 16.1. The summed E-state index contributed by atoms with van der Waals surface area (Å²) in [5.41, 5.74) is 3.87. The van der Waals surface area contributed by atoms with Crippen molar-refractivity contribution in [2.75, 3.05) is 14.1 Å². The molecule has 2 aromatic carbocycles. The largest absolute Gasteiger partial charge is 0.508 e. The third-order valence-electron chi connectivity index (χ3n) is 7.52. The summed E-state index contributed by atoms with van der Waals surface area (Å²) in [5.74, 6) is -0.735. The fourth-order valence-electron chi connectivity index (χ4n) is 5.42. The van der Waals surface area contributed by atoms with Gasteiger partial charge in [0.15, 0.2) is 0 Å². The lowest BCUT2D eigenvalue weighted by atomic mass is 9.91. The highest BCUT2D eigenvalue weighted by Gasteiger charge is 2.26. The summed E-state index contributed by atoms with van der Waals surface area (Å²) >= 11 is 0. The van der Waals surface area contributed by atoms with Gasteiger partial charge in [0.05, 0.1) is 6.20 Å². The summed E-state index contributed by atoms with van der Waals surface area (Å²) < 4.78 is 20.3. The highest BCUT2D eigenvalue weighted by Crippen LogP contribution is 2.32. The van der Waals surface area contributed by atoms with Crippen LogP contribution in [0.25, 0.3) is 11.1 Å². The number of hydrogen-bond donors (Lipinski definition) is 3. The molecule has 0 saturated heterocycles. The van der Waals surface area contributed by atoms with E-state index in [9.17, 15) is 19.1 Å². The number of rotatable bonds is 9. The molecule has 44 heavy (non-hydrogen) atoms. The lowest BCUT2D eigenvalue weighted by molar-refractivity contribution is 0.0887. The van der Waals surface area contributed by atoms with E-state index in [-0.39, 0.29) is 35.2 Å². The van der Waals surface area contributed by atoms with Crippen LogP contribution in [-0.4, -0.2) is 58.0 Å². The van der Waals surface area contributed by atoms with Crippen LogP contribution >= 0.6 is 0 Å². The van der Waals surface area contributed by atoms with Crippen molar-refractivity contribution in [2.24, 2.45) is 0 Å². The van der Waals surface area contributed by atoms with Crippen LogP contribution in [-0.2, 0) is 6.54 Å². The molecule has 1 saturated carbocycles. The smallest absolute Gasteiger partial charge is 0.270 e. The summed E-state index contributed by atoms with van der Waals surface area (Å²) in [6.07, 6.45) is 3.70. The SMILES string of the molecule is Cc1cccc(C(=O)N[C@H]2CC[C@H](NC(=O)c3cc(F)cnc3Oc3cccc(-c4ccc(O)cc4CN(C)C)c3)CC2)n1. The first-order valence-electron chi connectivity index (χ1n) is 14.6. The number of benzene rings is 2. The maximum absolute atomic E-state index is 14.3. The monoisotopic (exact) mass is 597 g/mol. The van der Waals surface area contributed by atoms with Gasteiger partial charge in [-0.05, 0) is 106 Å². The number of aromatic nitrogens is 2. The van der Waals surface area contributed by atoms with Gasteiger partial charge in [0.25, 0.3) is 11.8 Å². The topological polar surface area (TPSA) is 117 Å². The molecular weight excluding hydrogens is 561 g/mol. The summed E-state index contributed by atoms with van der Waals surface area (Å²) in [6, 6.07) is 18.8. The molecule has 2 amide bonds. The molecule has 0 atom stereocenters. The molecule has 9 nitrogen and oxygen atoms in total. The molecule has 1 aliphatic rings. The first kappa shape index (κ1) is 30.6. The average molecular weight is 598 g/mol. The Balaban J connectivity index is 1.25. The summed E-state index contributed by atoms with van der Waals surface area (Å²) in [6.45, 7) is 2.46. The van der Waals surface area contributed by atoms with E-state index in [1.54, 1.807) is 30.3 Å². The third-order valence-corrected chi connectivity index (χ3v) is 7.52. The van der Waals surface area contributed by atoms with Crippen molar-refractivity contribution >= 4 is 11.8 Å². The zero-order valence-corrected chi connectivity index (χ0v) is 25.0. The van der Waals surface area contributed by atoms with Gasteiger partial charge in [0.1, 0.15) is 28.6 Å². The predicted molar refractivity (Wildman–Crippen MR) is 165 cm³/mol. The van der Waals surface area contributed by atoms with E-state index in [4.69, 9.17) is 4.74 Å². The molecule has 228 valence electrons. The molecule has 2 heterocycles. The maximum atomic E-state index is 14.3. The number of nitrogens with zero attached hydrogens (tertiary/aromatic N) is 3. The number of nitrogens with one attached hydrogen (secondary N) is 2. The first-order chi connectivity index (χ1) is 21.1. The van der Waals surface area contributed by atoms with Gasteiger partial charge in [-0.25, -0.2) is 14.4 Å². The Hall–Kier alpha value is -4.83. The lowest BCUT2D eigenvalue weighted by Crippen LogP contribution is -2.44. The Kier molecular flexibility index (Phi) is 9.50. The number of phenols is 1. The quantitative estimate of drug-likeness (QED) is 0.229. The Morgan fingerprint density at radius 1 is 0.955 bits per heavy atom. The molecule has 1 fully saturated rings. The van der Waals surface area contributed by atoms with E-state index in [1.165, 1.54) is 0 Å². The average Bonchev–Trinajstić information content (AvgIpc) is 2.99. The minimum absolute atomic E-state index is 0.00530. The van der Waals surface area contributed by atoms with Gasteiger partial charge < -0.3 is 25.4 Å². The summed E-state index contributed by atoms with van der Waals surface area (Å²) in [7, 11) is 3.90. The van der Waals surface area contributed by atoms with E-state index >= 15 is 0 Å². The van der Waals surface area contributed by atoms with Crippen LogP contribution in [0.4, 0.5) is 4.39 Å². The van der Waals surface area contributed by atoms with Gasteiger partial charge in [-0.1, -0.05) is 24.3 Å². The molecule has 10 heteroatoms. The number of aryl methyl sites for hydroxylation is 1. The molecule has 0 unspecified atom stereocenters. The van der Waals surface area contributed by atoms with Gasteiger partial charge in [-0.2, -0.15) is 0 Å². The van der Waals surface area contributed by atoms with E-state index in [1.807, 2.05) is 56.3 Å². The van der Waals surface area contributed by atoms with Gasteiger partial charge in [-0.15, -0.1) is 0 Å². The standard InChI is InChI=1S/C34H36FN5O4/c1-21-6-4-9-31(37-21)33(43)39-26-12-10-25(11-13-26)38-32(42)30-18-24(35)19-36-34(30)44-28-8-5-7-22(17-28)29-15-14-27(41)16-23(29)20-40(2)3/h4-9,14-19,25-26,41H,10-13,20H2,1-3H3,(H,38,42)(H,39,43)/t25-,26-. The van der Waals surface area contributed by atoms with Gasteiger partial charge in [0.2, 0.25) is 5.88 Å². The number of carbonyl (C=O) groups is 2. The van der Waals surface area contributed by atoms with Crippen molar-refractivity contribution in [1.29, 1.82) is 0 Å². The minimum atomic E-state index is -0.648. The minimum Gasteiger partial charge on any atom is -0.508 e. The Morgan fingerprint density at radius 2 is 1.66 bits per heavy atom. The number of carbonyl (C=O) groups excluding carboxylic acids is 2. The molecule has 3 N–H and O–H groups in total. The summed E-state index contributed by atoms with van der Waals surface area (Å²) in [4.78, 5) is 36.3. The van der Waals surface area contributed by atoms with Crippen LogP contribution in [0.3, 0.4) is 0 Å². The molecule has 0 radical (unpaired) electrons. The molecule has 0 aliphatic heterocycles. The normalized spacial score (nSPS) is 16.4. The number of hydrogen-bond acceptors (Lipinski definition) is 7. The van der Waals surface area contributed by atoms with Crippen LogP contribution in [0.1, 0.15) is 57.8 Å². The number of halogens is 1. The Bertz CT molecular complexity index is 1650. The number of amides is 2. The number of ether oxygens (including phenoxy) is 1. The van der Waals surface area contributed by atoms with E-state index in [0.717, 1.165) is 34.6 Å². The number of phenolic OH excluding ortho intramolecular Hbond substituents is 1. The molecule has 5 rings (SSSR count). The highest BCUT2D eigenvalue weighted by atomic mass is 19.1. The molecule has 0 spiro atoms. The van der Waals surface area contributed by atoms with Crippen molar-refractivity contribution in [1.82, 2.24) is 25.5 Å². The second-order valence-electron chi connectivity index (χ2n) is 11.4. The molecule has 2 aromatic heterocycles. The van der Waals surface area contributed by atoms with E-state index in [0.29, 0.717) is 43.7 Å². The molecule has 4 aromatic rings. The third kappa shape index (κ3) is 7.76. The van der Waals surface area contributed by atoms with Crippen molar-refractivity contribution in [2.45, 2.75) is 51.2 Å². The van der Waals surface area contributed by atoms with Gasteiger partial charge in [0, 0.05) is 24.3 Å². The van der Waals surface area contributed by atoms with E-state index in [2.05, 4.69) is 20.6 Å². The van der Waals surface area contributed by atoms with Gasteiger partial charge >= 0.3 is 0 Å².